The molecule has 1 aliphatic heterocycles. The zero-order valence-electron chi connectivity index (χ0n) is 15.2. The molecule has 1 N–H and O–H groups in total. The number of hydrogen-bond donors (Lipinski definition) is 1. The minimum atomic E-state index is -0.409. The summed E-state index contributed by atoms with van der Waals surface area (Å²) in [6, 6.07) is 14.9. The molecule has 0 aliphatic carbocycles. The molecular weight excluding hydrogens is 328 g/mol. The van der Waals surface area contributed by atoms with Gasteiger partial charge >= 0.3 is 0 Å². The molecule has 26 heavy (non-hydrogen) atoms. The molecule has 2 amide bonds. The van der Waals surface area contributed by atoms with Crippen LogP contribution in [0.3, 0.4) is 0 Å². The number of hydrogen-bond acceptors (Lipinski definition) is 3. The molecule has 2 aromatic rings. The smallest absolute Gasteiger partial charge is 0.254 e. The van der Waals surface area contributed by atoms with E-state index >= 15 is 0 Å². The Kier molecular flexibility index (Phi) is 5.56. The highest BCUT2D eigenvalue weighted by atomic mass is 16.5. The topological polar surface area (TPSA) is 58.6 Å². The average Bonchev–Trinajstić information content (AvgIpc) is 2.66. The molecule has 1 atom stereocenters. The maximum absolute atomic E-state index is 12.9. The van der Waals surface area contributed by atoms with Crippen LogP contribution >= 0.6 is 0 Å². The lowest BCUT2D eigenvalue weighted by molar-refractivity contribution is -0.127. The van der Waals surface area contributed by atoms with E-state index in [1.54, 1.807) is 17.0 Å². The summed E-state index contributed by atoms with van der Waals surface area (Å²) >= 11 is 0. The fourth-order valence-electron chi connectivity index (χ4n) is 3.22. The number of carbonyl (C=O) groups is 2. The zero-order chi connectivity index (χ0) is 18.5. The van der Waals surface area contributed by atoms with Crippen LogP contribution in [0.4, 0.5) is 0 Å². The molecule has 0 spiro atoms. The number of nitrogens with zero attached hydrogens (tertiary/aromatic N) is 1. The molecule has 136 valence electrons. The second kappa shape index (κ2) is 8.04. The normalized spacial score (nSPS) is 16.9. The van der Waals surface area contributed by atoms with Gasteiger partial charge in [0.15, 0.2) is 0 Å². The van der Waals surface area contributed by atoms with Crippen LogP contribution in [0.15, 0.2) is 48.5 Å². The summed E-state index contributed by atoms with van der Waals surface area (Å²) in [4.78, 5) is 26.5. The van der Waals surface area contributed by atoms with Crippen LogP contribution in [0.25, 0.3) is 0 Å². The Hall–Kier alpha value is -2.82. The first-order valence-corrected chi connectivity index (χ1v) is 8.95. The number of benzene rings is 2. The van der Waals surface area contributed by atoms with Crippen molar-refractivity contribution >= 4 is 11.8 Å². The van der Waals surface area contributed by atoms with E-state index in [0.29, 0.717) is 37.4 Å². The molecule has 0 aromatic heterocycles. The summed E-state index contributed by atoms with van der Waals surface area (Å²) in [5.74, 6) is 0.429. The summed E-state index contributed by atoms with van der Waals surface area (Å²) in [5, 5.41) is 2.82. The average molecular weight is 352 g/mol. The SMILES string of the molecule is CCC1C(=O)NCCN1C(=O)c1cccc(OCc2cccc(C)c2)c1. The maximum atomic E-state index is 12.9. The van der Waals surface area contributed by atoms with Crippen molar-refractivity contribution < 1.29 is 14.3 Å². The molecule has 0 saturated carbocycles. The number of ether oxygens (including phenoxy) is 1. The molecule has 1 aliphatic rings. The van der Waals surface area contributed by atoms with E-state index in [0.717, 1.165) is 5.56 Å². The number of rotatable bonds is 5. The third-order valence-electron chi connectivity index (χ3n) is 4.55. The Morgan fingerprint density at radius 2 is 2.04 bits per heavy atom. The van der Waals surface area contributed by atoms with Gasteiger partial charge in [-0.2, -0.15) is 0 Å². The Balaban J connectivity index is 1.72. The van der Waals surface area contributed by atoms with Crippen molar-refractivity contribution in [2.45, 2.75) is 32.9 Å². The lowest BCUT2D eigenvalue weighted by Crippen LogP contribution is -2.56. The van der Waals surface area contributed by atoms with Crippen molar-refractivity contribution in [3.8, 4) is 5.75 Å². The fourth-order valence-corrected chi connectivity index (χ4v) is 3.22. The van der Waals surface area contributed by atoms with Crippen LogP contribution in [0.5, 0.6) is 5.75 Å². The lowest BCUT2D eigenvalue weighted by Gasteiger charge is -2.34. The number of aryl methyl sites for hydroxylation is 1. The molecule has 1 saturated heterocycles. The largest absolute Gasteiger partial charge is 0.489 e. The standard InChI is InChI=1S/C21H24N2O3/c1-3-19-20(24)22-10-11-23(19)21(25)17-8-5-9-18(13-17)26-14-16-7-4-6-15(2)12-16/h4-9,12-13,19H,3,10-11,14H2,1-2H3,(H,22,24). The van der Waals surface area contributed by atoms with Crippen LogP contribution in [0, 0.1) is 6.92 Å². The first-order valence-electron chi connectivity index (χ1n) is 8.95. The summed E-state index contributed by atoms with van der Waals surface area (Å²) in [5.41, 5.74) is 2.81. The highest BCUT2D eigenvalue weighted by molar-refractivity contribution is 5.98. The number of piperazine rings is 1. The second-order valence-electron chi connectivity index (χ2n) is 6.52. The van der Waals surface area contributed by atoms with Crippen molar-refractivity contribution in [1.29, 1.82) is 0 Å². The van der Waals surface area contributed by atoms with E-state index in [-0.39, 0.29) is 11.8 Å². The van der Waals surface area contributed by atoms with E-state index < -0.39 is 6.04 Å². The van der Waals surface area contributed by atoms with Gasteiger partial charge in [0, 0.05) is 18.7 Å². The fraction of sp³-hybridized carbons (Fsp3) is 0.333. The molecule has 2 aromatic carbocycles. The summed E-state index contributed by atoms with van der Waals surface area (Å²) in [7, 11) is 0. The van der Waals surface area contributed by atoms with Crippen molar-refractivity contribution in [2.75, 3.05) is 13.1 Å². The molecule has 5 heteroatoms. The van der Waals surface area contributed by atoms with Gasteiger partial charge in [0.1, 0.15) is 18.4 Å². The molecule has 1 heterocycles. The molecule has 0 bridgehead atoms. The van der Waals surface area contributed by atoms with Gasteiger partial charge in [-0.3, -0.25) is 9.59 Å². The third-order valence-corrected chi connectivity index (χ3v) is 4.55. The third kappa shape index (κ3) is 4.04. The van der Waals surface area contributed by atoms with Gasteiger partial charge in [0.2, 0.25) is 5.91 Å². The Labute approximate surface area is 154 Å². The van der Waals surface area contributed by atoms with Gasteiger partial charge in [0.25, 0.3) is 5.91 Å². The van der Waals surface area contributed by atoms with Crippen LogP contribution < -0.4 is 10.1 Å². The Bertz CT molecular complexity index is 803. The van der Waals surface area contributed by atoms with Gasteiger partial charge in [-0.25, -0.2) is 0 Å². The van der Waals surface area contributed by atoms with E-state index in [9.17, 15) is 9.59 Å². The number of carbonyl (C=O) groups excluding carboxylic acids is 2. The van der Waals surface area contributed by atoms with E-state index in [1.807, 2.05) is 44.2 Å². The van der Waals surface area contributed by atoms with E-state index in [4.69, 9.17) is 4.74 Å². The summed E-state index contributed by atoms with van der Waals surface area (Å²) in [6.07, 6.45) is 0.598. The zero-order valence-corrected chi connectivity index (χ0v) is 15.2. The molecule has 3 rings (SSSR count). The van der Waals surface area contributed by atoms with Crippen LogP contribution in [0.1, 0.15) is 34.8 Å². The second-order valence-corrected chi connectivity index (χ2v) is 6.52. The molecule has 0 radical (unpaired) electrons. The maximum Gasteiger partial charge on any atom is 0.254 e. The van der Waals surface area contributed by atoms with Gasteiger partial charge in [-0.05, 0) is 37.1 Å². The van der Waals surface area contributed by atoms with E-state index in [1.165, 1.54) is 5.56 Å². The van der Waals surface area contributed by atoms with E-state index in [2.05, 4.69) is 11.4 Å². The van der Waals surface area contributed by atoms with Crippen molar-refractivity contribution in [2.24, 2.45) is 0 Å². The van der Waals surface area contributed by atoms with Crippen molar-refractivity contribution in [1.82, 2.24) is 10.2 Å². The van der Waals surface area contributed by atoms with Crippen LogP contribution in [-0.4, -0.2) is 35.8 Å². The van der Waals surface area contributed by atoms with Crippen molar-refractivity contribution in [3.05, 3.63) is 65.2 Å². The van der Waals surface area contributed by atoms with Gasteiger partial charge in [-0.15, -0.1) is 0 Å². The predicted octanol–water partition coefficient (Wildman–Crippen LogP) is 2.92. The minimum absolute atomic E-state index is 0.0843. The molecule has 5 nitrogen and oxygen atoms in total. The van der Waals surface area contributed by atoms with Gasteiger partial charge in [0.05, 0.1) is 0 Å². The summed E-state index contributed by atoms with van der Waals surface area (Å²) in [6.45, 7) is 5.42. The predicted molar refractivity (Wildman–Crippen MR) is 100 cm³/mol. The molecule has 1 unspecified atom stereocenters. The first-order chi connectivity index (χ1) is 12.6. The molecular formula is C21H24N2O3. The summed E-state index contributed by atoms with van der Waals surface area (Å²) < 4.78 is 5.85. The Morgan fingerprint density at radius 3 is 2.81 bits per heavy atom. The number of nitrogens with one attached hydrogen (secondary N) is 1. The van der Waals surface area contributed by atoms with Crippen LogP contribution in [0.2, 0.25) is 0 Å². The van der Waals surface area contributed by atoms with Crippen LogP contribution in [-0.2, 0) is 11.4 Å². The Morgan fingerprint density at radius 1 is 1.23 bits per heavy atom. The quantitative estimate of drug-likeness (QED) is 0.900. The lowest BCUT2D eigenvalue weighted by atomic mass is 10.1. The first kappa shape index (κ1) is 18.0. The minimum Gasteiger partial charge on any atom is -0.489 e. The van der Waals surface area contributed by atoms with Gasteiger partial charge < -0.3 is 15.0 Å². The van der Waals surface area contributed by atoms with Crippen molar-refractivity contribution in [3.63, 3.8) is 0 Å². The highest BCUT2D eigenvalue weighted by Gasteiger charge is 2.32. The highest BCUT2D eigenvalue weighted by Crippen LogP contribution is 2.19. The molecule has 1 fully saturated rings. The monoisotopic (exact) mass is 352 g/mol. The number of amides is 2. The van der Waals surface area contributed by atoms with Gasteiger partial charge in [-0.1, -0.05) is 42.8 Å².